The number of carbonyl (C=O) groups is 1. The lowest BCUT2D eigenvalue weighted by Gasteiger charge is -2.32. The van der Waals surface area contributed by atoms with Gasteiger partial charge in [-0.15, -0.1) is 0 Å². The van der Waals surface area contributed by atoms with E-state index in [1.807, 2.05) is 25.1 Å². The molecule has 1 amide bonds. The third-order valence-electron chi connectivity index (χ3n) is 3.61. The molecule has 0 aromatic heterocycles. The van der Waals surface area contributed by atoms with Crippen LogP contribution < -0.4 is 5.32 Å². The zero-order valence-electron chi connectivity index (χ0n) is 10.1. The van der Waals surface area contributed by atoms with Crippen molar-refractivity contribution in [3.8, 4) is 0 Å². The molecular formula is C13H15ClN2O2. The Balaban J connectivity index is 1.94. The quantitative estimate of drug-likeness (QED) is 0.837. The lowest BCUT2D eigenvalue weighted by atomic mass is 10.1. The summed E-state index contributed by atoms with van der Waals surface area (Å²) in [6, 6.07) is 5.62. The van der Waals surface area contributed by atoms with Crippen molar-refractivity contribution in [2.24, 2.45) is 0 Å². The van der Waals surface area contributed by atoms with Gasteiger partial charge in [0.1, 0.15) is 12.2 Å². The van der Waals surface area contributed by atoms with E-state index in [-0.39, 0.29) is 18.1 Å². The molecule has 5 heteroatoms. The molecular weight excluding hydrogens is 252 g/mol. The van der Waals surface area contributed by atoms with Gasteiger partial charge in [-0.1, -0.05) is 17.7 Å². The van der Waals surface area contributed by atoms with E-state index < -0.39 is 0 Å². The smallest absolute Gasteiger partial charge is 0.241 e. The van der Waals surface area contributed by atoms with E-state index in [1.165, 1.54) is 0 Å². The zero-order valence-corrected chi connectivity index (χ0v) is 10.9. The number of benzene rings is 1. The molecule has 0 unspecified atom stereocenters. The van der Waals surface area contributed by atoms with E-state index in [1.54, 1.807) is 0 Å². The lowest BCUT2D eigenvalue weighted by Crippen LogP contribution is -2.44. The third kappa shape index (κ3) is 1.90. The van der Waals surface area contributed by atoms with Gasteiger partial charge in [-0.05, 0) is 30.2 Å². The topological polar surface area (TPSA) is 41.6 Å². The number of ether oxygens (including phenoxy) is 1. The van der Waals surface area contributed by atoms with Crippen LogP contribution in [-0.4, -0.2) is 36.6 Å². The molecule has 18 heavy (non-hydrogen) atoms. The number of morpholine rings is 1. The van der Waals surface area contributed by atoms with Crippen LogP contribution >= 0.6 is 11.6 Å². The second-order valence-electron chi connectivity index (χ2n) is 4.74. The van der Waals surface area contributed by atoms with E-state index in [9.17, 15) is 4.79 Å². The summed E-state index contributed by atoms with van der Waals surface area (Å²) in [5.74, 6) is 0.0500. The van der Waals surface area contributed by atoms with Crippen LogP contribution in [0.2, 0.25) is 5.02 Å². The highest BCUT2D eigenvalue weighted by molar-refractivity contribution is 6.30. The molecule has 2 fully saturated rings. The van der Waals surface area contributed by atoms with Crippen molar-refractivity contribution in [1.82, 2.24) is 10.2 Å². The molecule has 1 N–H and O–H groups in total. The zero-order chi connectivity index (χ0) is 12.7. The Morgan fingerprint density at radius 1 is 1.50 bits per heavy atom. The van der Waals surface area contributed by atoms with Crippen molar-refractivity contribution < 1.29 is 9.53 Å². The van der Waals surface area contributed by atoms with Gasteiger partial charge in [-0.3, -0.25) is 9.69 Å². The number of aryl methyl sites for hydroxylation is 1. The summed E-state index contributed by atoms with van der Waals surface area (Å²) in [5, 5.41) is 3.76. The molecule has 2 aliphatic heterocycles. The van der Waals surface area contributed by atoms with Crippen LogP contribution in [0.5, 0.6) is 0 Å². The fourth-order valence-corrected chi connectivity index (χ4v) is 2.89. The Kier molecular flexibility index (Phi) is 3.01. The van der Waals surface area contributed by atoms with Crippen LogP contribution in [0.1, 0.15) is 17.3 Å². The monoisotopic (exact) mass is 266 g/mol. The first-order valence-corrected chi connectivity index (χ1v) is 6.44. The summed E-state index contributed by atoms with van der Waals surface area (Å²) in [7, 11) is 0. The minimum Gasteiger partial charge on any atom is -0.378 e. The van der Waals surface area contributed by atoms with Gasteiger partial charge in [0.15, 0.2) is 0 Å². The highest BCUT2D eigenvalue weighted by Crippen LogP contribution is 2.30. The predicted molar refractivity (Wildman–Crippen MR) is 68.4 cm³/mol. The maximum atomic E-state index is 11.9. The van der Waals surface area contributed by atoms with Gasteiger partial charge in [0, 0.05) is 11.6 Å². The van der Waals surface area contributed by atoms with Gasteiger partial charge < -0.3 is 10.1 Å². The molecule has 0 radical (unpaired) electrons. The summed E-state index contributed by atoms with van der Waals surface area (Å²) < 4.78 is 5.36. The van der Waals surface area contributed by atoms with Gasteiger partial charge >= 0.3 is 0 Å². The maximum absolute atomic E-state index is 11.9. The minimum atomic E-state index is -0.154. The normalized spacial score (nSPS) is 28.0. The van der Waals surface area contributed by atoms with Gasteiger partial charge in [-0.2, -0.15) is 0 Å². The van der Waals surface area contributed by atoms with Crippen molar-refractivity contribution in [1.29, 1.82) is 0 Å². The molecule has 1 aromatic carbocycles. The molecule has 1 aromatic rings. The Hall–Kier alpha value is -1.10. The minimum absolute atomic E-state index is 0.0500. The van der Waals surface area contributed by atoms with Crippen molar-refractivity contribution in [3.05, 3.63) is 34.3 Å². The maximum Gasteiger partial charge on any atom is 0.241 e. The average molecular weight is 267 g/mol. The molecule has 0 aliphatic carbocycles. The summed E-state index contributed by atoms with van der Waals surface area (Å²) in [6.07, 6.45) is -0.0522. The highest BCUT2D eigenvalue weighted by Gasteiger charge is 2.42. The number of fused-ring (bicyclic) bond motifs is 1. The summed E-state index contributed by atoms with van der Waals surface area (Å²) in [4.78, 5) is 14.1. The van der Waals surface area contributed by atoms with Crippen LogP contribution in [0, 0.1) is 6.92 Å². The number of amides is 1. The van der Waals surface area contributed by atoms with Gasteiger partial charge in [-0.25, -0.2) is 0 Å². The van der Waals surface area contributed by atoms with E-state index >= 15 is 0 Å². The number of hydrogen-bond donors (Lipinski definition) is 1. The van der Waals surface area contributed by atoms with Crippen molar-refractivity contribution in [3.63, 3.8) is 0 Å². The van der Waals surface area contributed by atoms with Crippen molar-refractivity contribution in [2.75, 3.05) is 19.8 Å². The largest absolute Gasteiger partial charge is 0.378 e. The van der Waals surface area contributed by atoms with Crippen molar-refractivity contribution in [2.45, 2.75) is 19.1 Å². The number of hydrogen-bond acceptors (Lipinski definition) is 3. The Bertz CT molecular complexity index is 492. The molecule has 2 heterocycles. The first kappa shape index (κ1) is 12.0. The SMILES string of the molecule is Cc1cc(Cl)ccc1[C@@H]1NC(=O)[C@@H]2COCCN21. The standard InChI is InChI=1S/C13H15ClN2O2/c1-8-6-9(14)2-3-10(8)12-15-13(17)11-7-18-5-4-16(11)12/h2-3,6,11-12H,4-5,7H2,1H3,(H,15,17)/t11-,12+/m0/s1. The predicted octanol–water partition coefficient (Wildman–Crippen LogP) is 1.48. The van der Waals surface area contributed by atoms with Crippen LogP contribution in [0.4, 0.5) is 0 Å². The number of nitrogens with zero attached hydrogens (tertiary/aromatic N) is 1. The second kappa shape index (κ2) is 4.53. The first-order valence-electron chi connectivity index (χ1n) is 6.07. The van der Waals surface area contributed by atoms with Crippen LogP contribution in [-0.2, 0) is 9.53 Å². The Labute approximate surface area is 111 Å². The summed E-state index contributed by atoms with van der Waals surface area (Å²) >= 11 is 5.97. The fraction of sp³-hybridized carbons (Fsp3) is 0.462. The molecule has 0 bridgehead atoms. The summed E-state index contributed by atoms with van der Waals surface area (Å²) in [5.41, 5.74) is 2.21. The first-order chi connectivity index (χ1) is 8.66. The molecule has 2 saturated heterocycles. The molecule has 2 aliphatic rings. The molecule has 96 valence electrons. The van der Waals surface area contributed by atoms with E-state index in [4.69, 9.17) is 16.3 Å². The van der Waals surface area contributed by atoms with Crippen LogP contribution in [0.25, 0.3) is 0 Å². The van der Waals surface area contributed by atoms with Gasteiger partial charge in [0.2, 0.25) is 5.91 Å². The molecule has 0 spiro atoms. The average Bonchev–Trinajstić information content (AvgIpc) is 2.68. The van der Waals surface area contributed by atoms with Crippen LogP contribution in [0.15, 0.2) is 18.2 Å². The fourth-order valence-electron chi connectivity index (χ4n) is 2.67. The Morgan fingerprint density at radius 2 is 2.33 bits per heavy atom. The third-order valence-corrected chi connectivity index (χ3v) is 3.84. The number of nitrogens with one attached hydrogen (secondary N) is 1. The van der Waals surface area contributed by atoms with Gasteiger partial charge in [0.05, 0.1) is 13.2 Å². The summed E-state index contributed by atoms with van der Waals surface area (Å²) in [6.45, 7) is 3.95. The van der Waals surface area contributed by atoms with Gasteiger partial charge in [0.25, 0.3) is 0 Å². The molecule has 4 nitrogen and oxygen atoms in total. The number of rotatable bonds is 1. The van der Waals surface area contributed by atoms with E-state index in [2.05, 4.69) is 10.2 Å². The molecule has 0 saturated carbocycles. The number of carbonyl (C=O) groups excluding carboxylic acids is 1. The molecule has 2 atom stereocenters. The van der Waals surface area contributed by atoms with E-state index in [0.717, 1.165) is 22.7 Å². The lowest BCUT2D eigenvalue weighted by molar-refractivity contribution is -0.125. The van der Waals surface area contributed by atoms with E-state index in [0.29, 0.717) is 13.2 Å². The number of halogens is 1. The second-order valence-corrected chi connectivity index (χ2v) is 5.18. The van der Waals surface area contributed by atoms with Crippen LogP contribution in [0.3, 0.4) is 0 Å². The Morgan fingerprint density at radius 3 is 3.11 bits per heavy atom. The highest BCUT2D eigenvalue weighted by atomic mass is 35.5. The van der Waals surface area contributed by atoms with Crippen molar-refractivity contribution >= 4 is 17.5 Å². The molecule has 3 rings (SSSR count).